The highest BCUT2D eigenvalue weighted by Gasteiger charge is 2.54. The van der Waals surface area contributed by atoms with Gasteiger partial charge in [-0.25, -0.2) is 23.5 Å². The Labute approximate surface area is 170 Å². The van der Waals surface area contributed by atoms with Crippen LogP contribution in [0.25, 0.3) is 22.6 Å². The molecule has 0 aliphatic heterocycles. The second-order valence-electron chi connectivity index (χ2n) is 6.97. The summed E-state index contributed by atoms with van der Waals surface area (Å²) in [5.74, 6) is -1.34. The van der Waals surface area contributed by atoms with Gasteiger partial charge in [0.05, 0.1) is 10.7 Å². The van der Waals surface area contributed by atoms with Crippen LogP contribution in [0.3, 0.4) is 0 Å². The molecular weight excluding hydrogens is 400 g/mol. The first kappa shape index (κ1) is 19.3. The fraction of sp³-hybridized carbons (Fsp3) is 0.190. The van der Waals surface area contributed by atoms with Crippen LogP contribution in [0.5, 0.6) is 0 Å². The van der Waals surface area contributed by atoms with Crippen LogP contribution in [0.1, 0.15) is 12.8 Å². The average molecular weight is 416 g/mol. The number of carboxylic acid groups (broad SMARTS) is 1. The van der Waals surface area contributed by atoms with E-state index in [1.807, 2.05) is 0 Å². The molecule has 1 heterocycles. The van der Waals surface area contributed by atoms with Crippen molar-refractivity contribution in [2.75, 3.05) is 11.9 Å². The molecule has 0 unspecified atom stereocenters. The lowest BCUT2D eigenvalue weighted by molar-refractivity contribution is -0.139. The predicted octanol–water partition coefficient (Wildman–Crippen LogP) is 4.80. The largest absolute Gasteiger partial charge is 0.479 e. The van der Waals surface area contributed by atoms with Gasteiger partial charge in [0, 0.05) is 24.2 Å². The summed E-state index contributed by atoms with van der Waals surface area (Å²) in [6.45, 7) is 0. The highest BCUT2D eigenvalue weighted by Crippen LogP contribution is 2.43. The molecule has 0 saturated heterocycles. The highest BCUT2D eigenvalue weighted by molar-refractivity contribution is 6.30. The van der Waals surface area contributed by atoms with Gasteiger partial charge in [0.25, 0.3) is 0 Å². The molecule has 0 amide bonds. The zero-order valence-electron chi connectivity index (χ0n) is 15.4. The SMILES string of the molecule is CN(c1cc(-c2ccc(F)cc2)nc(-c2ccc(Cl)c(F)c2)n1)C1(C(=O)O)CC1. The van der Waals surface area contributed by atoms with E-state index in [4.69, 9.17) is 11.6 Å². The van der Waals surface area contributed by atoms with Gasteiger partial charge in [0.2, 0.25) is 0 Å². The van der Waals surface area contributed by atoms with E-state index in [2.05, 4.69) is 9.97 Å². The second kappa shape index (κ2) is 7.08. The summed E-state index contributed by atoms with van der Waals surface area (Å²) in [6, 6.07) is 11.6. The zero-order valence-corrected chi connectivity index (χ0v) is 16.1. The first-order valence-electron chi connectivity index (χ1n) is 8.88. The maximum atomic E-state index is 14.0. The maximum absolute atomic E-state index is 14.0. The van der Waals surface area contributed by atoms with Crippen LogP contribution in [0.4, 0.5) is 14.6 Å². The standard InChI is InChI=1S/C21H16ClF2N3O2/c1-27(21(8-9-21)20(28)29)18-11-17(12-2-5-14(23)6-3-12)25-19(26-18)13-4-7-15(22)16(24)10-13/h2-7,10-11H,8-9H2,1H3,(H,28,29). The van der Waals surface area contributed by atoms with Crippen molar-refractivity contribution >= 4 is 23.4 Å². The number of hydrogen-bond acceptors (Lipinski definition) is 4. The summed E-state index contributed by atoms with van der Waals surface area (Å²) < 4.78 is 27.3. The number of likely N-dealkylation sites (N-methyl/N-ethyl adjacent to an activating group) is 1. The van der Waals surface area contributed by atoms with E-state index in [1.54, 1.807) is 36.2 Å². The number of anilines is 1. The van der Waals surface area contributed by atoms with Crippen molar-refractivity contribution in [1.82, 2.24) is 9.97 Å². The van der Waals surface area contributed by atoms with Crippen molar-refractivity contribution < 1.29 is 18.7 Å². The first-order valence-corrected chi connectivity index (χ1v) is 9.26. The van der Waals surface area contributed by atoms with E-state index in [0.717, 1.165) is 0 Å². The van der Waals surface area contributed by atoms with Gasteiger partial charge < -0.3 is 10.0 Å². The summed E-state index contributed by atoms with van der Waals surface area (Å²) in [5, 5.41) is 9.59. The molecule has 1 saturated carbocycles. The minimum Gasteiger partial charge on any atom is -0.479 e. The van der Waals surface area contributed by atoms with Gasteiger partial charge in [-0.05, 0) is 55.3 Å². The molecule has 1 fully saturated rings. The molecule has 4 rings (SSSR count). The number of benzene rings is 2. The Morgan fingerprint density at radius 1 is 1.07 bits per heavy atom. The number of carboxylic acids is 1. The van der Waals surface area contributed by atoms with Gasteiger partial charge in [-0.1, -0.05) is 11.6 Å². The number of nitrogens with zero attached hydrogens (tertiary/aromatic N) is 3. The molecule has 148 valence electrons. The van der Waals surface area contributed by atoms with E-state index in [9.17, 15) is 18.7 Å². The summed E-state index contributed by atoms with van der Waals surface area (Å²) in [5.41, 5.74) is 0.468. The Hall–Kier alpha value is -3.06. The molecule has 0 spiro atoms. The third-order valence-electron chi connectivity index (χ3n) is 5.14. The number of carbonyl (C=O) groups is 1. The topological polar surface area (TPSA) is 66.3 Å². The summed E-state index contributed by atoms with van der Waals surface area (Å²) >= 11 is 5.77. The molecular formula is C21H16ClF2N3O2. The van der Waals surface area contributed by atoms with Crippen molar-refractivity contribution in [3.8, 4) is 22.6 Å². The van der Waals surface area contributed by atoms with Crippen LogP contribution in [0, 0.1) is 11.6 Å². The maximum Gasteiger partial charge on any atom is 0.329 e. The summed E-state index contributed by atoms with van der Waals surface area (Å²) in [6.07, 6.45) is 0.999. The Balaban J connectivity index is 1.86. The molecule has 1 aromatic heterocycles. The Morgan fingerprint density at radius 2 is 1.72 bits per heavy atom. The quantitative estimate of drug-likeness (QED) is 0.648. The Kier molecular flexibility index (Phi) is 4.70. The smallest absolute Gasteiger partial charge is 0.329 e. The van der Waals surface area contributed by atoms with Crippen LogP contribution in [-0.2, 0) is 4.79 Å². The molecule has 1 aliphatic rings. The molecule has 1 N–H and O–H groups in total. The Morgan fingerprint density at radius 3 is 2.31 bits per heavy atom. The molecule has 0 radical (unpaired) electrons. The average Bonchev–Trinajstić information content (AvgIpc) is 3.52. The monoisotopic (exact) mass is 415 g/mol. The van der Waals surface area contributed by atoms with Gasteiger partial charge in [-0.2, -0.15) is 0 Å². The number of halogens is 3. The normalized spacial score (nSPS) is 14.5. The van der Waals surface area contributed by atoms with E-state index >= 15 is 0 Å². The molecule has 0 atom stereocenters. The fourth-order valence-electron chi connectivity index (χ4n) is 3.17. The Bertz CT molecular complexity index is 1100. The molecule has 8 heteroatoms. The van der Waals surface area contributed by atoms with Crippen LogP contribution in [0.2, 0.25) is 5.02 Å². The minimum absolute atomic E-state index is 0.0245. The number of aliphatic carboxylic acids is 1. The molecule has 1 aliphatic carbocycles. The van der Waals surface area contributed by atoms with Crippen molar-refractivity contribution in [1.29, 1.82) is 0 Å². The summed E-state index contributed by atoms with van der Waals surface area (Å²) in [4.78, 5) is 22.3. The first-order chi connectivity index (χ1) is 13.8. The van der Waals surface area contributed by atoms with Gasteiger partial charge in [-0.3, -0.25) is 0 Å². The van der Waals surface area contributed by atoms with E-state index < -0.39 is 17.3 Å². The minimum atomic E-state index is -1.02. The van der Waals surface area contributed by atoms with E-state index in [-0.39, 0.29) is 16.7 Å². The van der Waals surface area contributed by atoms with E-state index in [0.29, 0.717) is 35.5 Å². The van der Waals surface area contributed by atoms with Gasteiger partial charge in [0.15, 0.2) is 5.82 Å². The number of rotatable bonds is 5. The van der Waals surface area contributed by atoms with Crippen LogP contribution in [-0.4, -0.2) is 33.6 Å². The van der Waals surface area contributed by atoms with Crippen molar-refractivity contribution in [2.45, 2.75) is 18.4 Å². The van der Waals surface area contributed by atoms with Gasteiger partial charge >= 0.3 is 5.97 Å². The second-order valence-corrected chi connectivity index (χ2v) is 7.37. The molecule has 29 heavy (non-hydrogen) atoms. The molecule has 5 nitrogen and oxygen atoms in total. The molecule has 2 aromatic carbocycles. The lowest BCUT2D eigenvalue weighted by Gasteiger charge is -2.26. The lowest BCUT2D eigenvalue weighted by atomic mass is 10.1. The molecule has 0 bridgehead atoms. The van der Waals surface area contributed by atoms with Gasteiger partial charge in [0.1, 0.15) is 23.0 Å². The highest BCUT2D eigenvalue weighted by atomic mass is 35.5. The molecule has 3 aromatic rings. The fourth-order valence-corrected chi connectivity index (χ4v) is 3.29. The third-order valence-corrected chi connectivity index (χ3v) is 5.44. The van der Waals surface area contributed by atoms with Crippen molar-refractivity contribution in [3.63, 3.8) is 0 Å². The number of aromatic nitrogens is 2. The van der Waals surface area contributed by atoms with Crippen LogP contribution >= 0.6 is 11.6 Å². The van der Waals surface area contributed by atoms with Gasteiger partial charge in [-0.15, -0.1) is 0 Å². The van der Waals surface area contributed by atoms with E-state index in [1.165, 1.54) is 24.3 Å². The summed E-state index contributed by atoms with van der Waals surface area (Å²) in [7, 11) is 1.66. The number of hydrogen-bond donors (Lipinski definition) is 1. The zero-order chi connectivity index (χ0) is 20.8. The lowest BCUT2D eigenvalue weighted by Crippen LogP contribution is -2.41. The predicted molar refractivity (Wildman–Crippen MR) is 106 cm³/mol. The van der Waals surface area contributed by atoms with Crippen molar-refractivity contribution in [2.24, 2.45) is 0 Å². The van der Waals surface area contributed by atoms with Crippen LogP contribution < -0.4 is 4.90 Å². The van der Waals surface area contributed by atoms with Crippen molar-refractivity contribution in [3.05, 3.63) is 65.2 Å². The van der Waals surface area contributed by atoms with Crippen LogP contribution in [0.15, 0.2) is 48.5 Å². The third kappa shape index (κ3) is 3.53.